The Morgan fingerprint density at radius 1 is 1.08 bits per heavy atom. The minimum absolute atomic E-state index is 0.112. The fourth-order valence-corrected chi connectivity index (χ4v) is 2.07. The summed E-state index contributed by atoms with van der Waals surface area (Å²) >= 11 is 0. The molecule has 0 bridgehead atoms. The highest BCUT2D eigenvalue weighted by Gasteiger charge is 2.27. The Kier molecular flexibility index (Phi) is 5.94. The van der Waals surface area contributed by atoms with Crippen LogP contribution in [0.3, 0.4) is 0 Å². The summed E-state index contributed by atoms with van der Waals surface area (Å²) in [7, 11) is 1.28. The Labute approximate surface area is 144 Å². The molecule has 1 aromatic heterocycles. The zero-order chi connectivity index (χ0) is 18.4. The summed E-state index contributed by atoms with van der Waals surface area (Å²) in [6.45, 7) is 3.57. The molecule has 0 radical (unpaired) electrons. The monoisotopic (exact) mass is 345 g/mol. The van der Waals surface area contributed by atoms with Crippen molar-refractivity contribution < 1.29 is 28.3 Å². The summed E-state index contributed by atoms with van der Waals surface area (Å²) in [5, 5.41) is 2.60. The first-order valence-corrected chi connectivity index (χ1v) is 7.66. The number of nitrogens with one attached hydrogen (secondary N) is 1. The molecule has 0 saturated heterocycles. The first kappa shape index (κ1) is 18.3. The van der Waals surface area contributed by atoms with E-state index >= 15 is 0 Å². The summed E-state index contributed by atoms with van der Waals surface area (Å²) in [5.41, 5.74) is 0.342. The molecule has 1 N–H and O–H groups in total. The van der Waals surface area contributed by atoms with Gasteiger partial charge in [0, 0.05) is 0 Å². The number of carbonyl (C=O) groups is 3. The third kappa shape index (κ3) is 4.69. The maximum absolute atomic E-state index is 12.4. The Balaban J connectivity index is 2.05. The molecule has 1 atom stereocenters. The Hall–Kier alpha value is -3.09. The van der Waals surface area contributed by atoms with Crippen molar-refractivity contribution in [3.8, 4) is 5.75 Å². The number of rotatable bonds is 6. The van der Waals surface area contributed by atoms with Gasteiger partial charge in [0.15, 0.2) is 5.76 Å². The molecule has 7 nitrogen and oxygen atoms in total. The van der Waals surface area contributed by atoms with Gasteiger partial charge in [-0.1, -0.05) is 13.8 Å². The third-order valence-electron chi connectivity index (χ3n) is 3.45. The van der Waals surface area contributed by atoms with E-state index in [0.717, 1.165) is 0 Å². The Bertz CT molecular complexity index is 733. The van der Waals surface area contributed by atoms with Gasteiger partial charge in [0.05, 0.1) is 18.9 Å². The van der Waals surface area contributed by atoms with E-state index in [0.29, 0.717) is 5.56 Å². The van der Waals surface area contributed by atoms with Crippen LogP contribution in [0.25, 0.3) is 0 Å². The minimum atomic E-state index is -0.849. The van der Waals surface area contributed by atoms with Crippen molar-refractivity contribution in [1.82, 2.24) is 5.32 Å². The molecule has 25 heavy (non-hydrogen) atoms. The Morgan fingerprint density at radius 2 is 1.76 bits per heavy atom. The average Bonchev–Trinajstić information content (AvgIpc) is 3.13. The molecule has 132 valence electrons. The van der Waals surface area contributed by atoms with Crippen LogP contribution < -0.4 is 10.1 Å². The van der Waals surface area contributed by atoms with Crippen molar-refractivity contribution in [3.05, 3.63) is 54.0 Å². The summed E-state index contributed by atoms with van der Waals surface area (Å²) in [6.07, 6.45) is 1.38. The molecule has 1 aromatic carbocycles. The molecular formula is C18H19NO6. The molecule has 0 saturated carbocycles. The summed E-state index contributed by atoms with van der Waals surface area (Å²) in [4.78, 5) is 35.8. The van der Waals surface area contributed by atoms with Crippen molar-refractivity contribution in [2.24, 2.45) is 5.92 Å². The van der Waals surface area contributed by atoms with Crippen LogP contribution in [0.15, 0.2) is 47.1 Å². The van der Waals surface area contributed by atoms with Crippen molar-refractivity contribution in [2.75, 3.05) is 7.11 Å². The SMILES string of the molecule is COC(=O)c1ccc(OC(=O)[C@@H](NC(=O)c2ccco2)C(C)C)cc1. The topological polar surface area (TPSA) is 94.8 Å². The van der Waals surface area contributed by atoms with Gasteiger partial charge in [0.25, 0.3) is 5.91 Å². The molecule has 2 aromatic rings. The normalized spacial score (nSPS) is 11.7. The largest absolute Gasteiger partial charge is 0.465 e. The van der Waals surface area contributed by atoms with Crippen LogP contribution >= 0.6 is 0 Å². The smallest absolute Gasteiger partial charge is 0.337 e. The van der Waals surface area contributed by atoms with Crippen molar-refractivity contribution >= 4 is 17.8 Å². The van der Waals surface area contributed by atoms with E-state index in [9.17, 15) is 14.4 Å². The zero-order valence-corrected chi connectivity index (χ0v) is 14.1. The zero-order valence-electron chi connectivity index (χ0n) is 14.1. The maximum Gasteiger partial charge on any atom is 0.337 e. The fraction of sp³-hybridized carbons (Fsp3) is 0.278. The van der Waals surface area contributed by atoms with Gasteiger partial charge < -0.3 is 19.2 Å². The summed E-state index contributed by atoms with van der Waals surface area (Å²) < 4.78 is 14.9. The number of benzene rings is 1. The fourth-order valence-electron chi connectivity index (χ4n) is 2.07. The van der Waals surface area contributed by atoms with Crippen LogP contribution in [-0.4, -0.2) is 31.0 Å². The molecule has 1 heterocycles. The second kappa shape index (κ2) is 8.14. The minimum Gasteiger partial charge on any atom is -0.465 e. The molecule has 0 unspecified atom stereocenters. The van der Waals surface area contributed by atoms with Crippen molar-refractivity contribution in [3.63, 3.8) is 0 Å². The van der Waals surface area contributed by atoms with Crippen LogP contribution in [0.4, 0.5) is 0 Å². The number of amides is 1. The van der Waals surface area contributed by atoms with Crippen LogP contribution in [0, 0.1) is 5.92 Å². The molecular weight excluding hydrogens is 326 g/mol. The molecule has 2 rings (SSSR count). The van der Waals surface area contributed by atoms with Gasteiger partial charge >= 0.3 is 11.9 Å². The third-order valence-corrected chi connectivity index (χ3v) is 3.45. The standard InChI is InChI=1S/C18H19NO6/c1-11(2)15(19-16(20)14-5-4-10-24-14)18(22)25-13-8-6-12(7-9-13)17(21)23-3/h4-11,15H,1-3H3,(H,19,20)/t15-/m0/s1. The first-order valence-electron chi connectivity index (χ1n) is 7.66. The number of esters is 2. The molecule has 0 aliphatic heterocycles. The number of ether oxygens (including phenoxy) is 2. The molecule has 0 spiro atoms. The van der Waals surface area contributed by atoms with Crippen LogP contribution in [0.2, 0.25) is 0 Å². The van der Waals surface area contributed by atoms with Gasteiger partial charge in [0.2, 0.25) is 0 Å². The predicted molar refractivity (Wildman–Crippen MR) is 88.2 cm³/mol. The van der Waals surface area contributed by atoms with Gasteiger partial charge in [-0.15, -0.1) is 0 Å². The van der Waals surface area contributed by atoms with Crippen LogP contribution in [-0.2, 0) is 9.53 Å². The lowest BCUT2D eigenvalue weighted by Gasteiger charge is -2.20. The summed E-state index contributed by atoms with van der Waals surface area (Å²) in [6, 6.07) is 8.17. The van der Waals surface area contributed by atoms with Crippen LogP contribution in [0.1, 0.15) is 34.8 Å². The van der Waals surface area contributed by atoms with Gasteiger partial charge in [-0.3, -0.25) is 4.79 Å². The summed E-state index contributed by atoms with van der Waals surface area (Å²) in [5.74, 6) is -1.41. The van der Waals surface area contributed by atoms with Crippen LogP contribution in [0.5, 0.6) is 5.75 Å². The second-order valence-corrected chi connectivity index (χ2v) is 5.61. The number of hydrogen-bond acceptors (Lipinski definition) is 6. The van der Waals surface area contributed by atoms with Gasteiger partial charge in [-0.25, -0.2) is 9.59 Å². The molecule has 0 fully saturated rings. The number of hydrogen-bond donors (Lipinski definition) is 1. The van der Waals surface area contributed by atoms with E-state index in [2.05, 4.69) is 10.1 Å². The number of methoxy groups -OCH3 is 1. The van der Waals surface area contributed by atoms with Crippen molar-refractivity contribution in [1.29, 1.82) is 0 Å². The lowest BCUT2D eigenvalue weighted by atomic mass is 10.0. The van der Waals surface area contributed by atoms with Gasteiger partial charge in [0.1, 0.15) is 11.8 Å². The van der Waals surface area contributed by atoms with E-state index < -0.39 is 23.9 Å². The second-order valence-electron chi connectivity index (χ2n) is 5.61. The molecule has 7 heteroatoms. The first-order chi connectivity index (χ1) is 11.9. The highest BCUT2D eigenvalue weighted by molar-refractivity contribution is 5.95. The number of furan rings is 1. The van der Waals surface area contributed by atoms with E-state index in [4.69, 9.17) is 9.15 Å². The maximum atomic E-state index is 12.4. The van der Waals surface area contributed by atoms with Gasteiger partial charge in [-0.05, 0) is 42.3 Å². The number of carbonyl (C=O) groups excluding carboxylic acids is 3. The highest BCUT2D eigenvalue weighted by Crippen LogP contribution is 2.15. The van der Waals surface area contributed by atoms with Crippen molar-refractivity contribution in [2.45, 2.75) is 19.9 Å². The molecule has 1 amide bonds. The highest BCUT2D eigenvalue weighted by atomic mass is 16.5. The quantitative estimate of drug-likeness (QED) is 0.638. The van der Waals surface area contributed by atoms with E-state index in [1.165, 1.54) is 43.7 Å². The lowest BCUT2D eigenvalue weighted by molar-refractivity contribution is -0.137. The van der Waals surface area contributed by atoms with E-state index in [1.807, 2.05) is 0 Å². The predicted octanol–water partition coefficient (Wildman–Crippen LogP) is 2.43. The Morgan fingerprint density at radius 3 is 2.28 bits per heavy atom. The lowest BCUT2D eigenvalue weighted by Crippen LogP contribution is -2.46. The average molecular weight is 345 g/mol. The van der Waals surface area contributed by atoms with E-state index in [-0.39, 0.29) is 17.4 Å². The van der Waals surface area contributed by atoms with Gasteiger partial charge in [-0.2, -0.15) is 0 Å². The molecule has 0 aliphatic carbocycles. The van der Waals surface area contributed by atoms with E-state index in [1.54, 1.807) is 19.9 Å². The molecule has 0 aliphatic rings.